The standard InChI is InChI=1S/C5H9.H2N.U/c1-4-5(2)3;;/h1-3H3;1H2;/q2*-1;+2. The molecule has 0 bridgehead atoms. The van der Waals surface area contributed by atoms with E-state index in [4.69, 9.17) is 0 Å². The predicted octanol–water partition coefficient (Wildman–Crippen LogP) is 2.49. The Morgan fingerprint density at radius 2 is 1.43 bits per heavy atom. The molecule has 0 amide bonds. The van der Waals surface area contributed by atoms with Crippen molar-refractivity contribution < 1.29 is 31.1 Å². The molecule has 0 aromatic carbocycles. The van der Waals surface area contributed by atoms with Crippen LogP contribution in [-0.2, 0) is 0 Å². The Morgan fingerprint density at radius 3 is 1.43 bits per heavy atom. The Bertz CT molecular complexity index is 46.0. The predicted molar refractivity (Wildman–Crippen MR) is 29.1 cm³/mol. The van der Waals surface area contributed by atoms with Gasteiger partial charge in [0.05, 0.1) is 0 Å². The molecule has 0 rings (SSSR count). The molecule has 0 radical (unpaired) electrons. The third kappa shape index (κ3) is 20.1. The van der Waals surface area contributed by atoms with Crippen molar-refractivity contribution in [2.75, 3.05) is 0 Å². The summed E-state index contributed by atoms with van der Waals surface area (Å²) < 4.78 is 0. The second-order valence-corrected chi connectivity index (χ2v) is 1.25. The van der Waals surface area contributed by atoms with Gasteiger partial charge in [-0.05, 0) is 0 Å². The third-order valence-corrected chi connectivity index (χ3v) is 0.500. The van der Waals surface area contributed by atoms with Crippen LogP contribution in [0.2, 0.25) is 0 Å². The Hall–Kier alpha value is 0.752. The Balaban J connectivity index is -0.0000000800. The van der Waals surface area contributed by atoms with Crippen LogP contribution in [0, 0.1) is 37.2 Å². The molecule has 0 aromatic rings. The monoisotopic (exact) mass is 323 g/mol. The van der Waals surface area contributed by atoms with Crippen molar-refractivity contribution >= 4 is 0 Å². The number of hydrogen-bond acceptors (Lipinski definition) is 0. The molecule has 0 spiro atoms. The minimum absolute atomic E-state index is 0. The van der Waals surface area contributed by atoms with Crippen molar-refractivity contribution in [1.82, 2.24) is 0 Å². The van der Waals surface area contributed by atoms with Gasteiger partial charge < -0.3 is 12.2 Å². The van der Waals surface area contributed by atoms with Crippen molar-refractivity contribution in [1.29, 1.82) is 0 Å². The molecule has 0 saturated carbocycles. The van der Waals surface area contributed by atoms with E-state index in [-0.39, 0.29) is 37.3 Å². The maximum atomic E-state index is 2.94. The van der Waals surface area contributed by atoms with Crippen LogP contribution in [-0.4, -0.2) is 0 Å². The van der Waals surface area contributed by atoms with E-state index in [1.54, 1.807) is 0 Å². The zero-order valence-electron chi connectivity index (χ0n) is 5.08. The maximum Gasteiger partial charge on any atom is 2.00 e. The maximum absolute atomic E-state index is 2.94. The van der Waals surface area contributed by atoms with E-state index < -0.39 is 0 Å². The van der Waals surface area contributed by atoms with Crippen molar-refractivity contribution in [3.63, 3.8) is 0 Å². The topological polar surface area (TPSA) is 33.5 Å². The molecular weight excluding hydrogens is 312 g/mol. The molecule has 0 aliphatic rings. The first kappa shape index (κ1) is 15.7. The first-order valence-corrected chi connectivity index (χ1v) is 1.75. The number of hydrogen-bond donors (Lipinski definition) is 0. The Labute approximate surface area is 69.5 Å². The van der Waals surface area contributed by atoms with Crippen LogP contribution >= 0.6 is 0 Å². The molecule has 40 valence electrons. The molecule has 0 aliphatic carbocycles. The number of nitrogens with two attached hydrogens (primary N) is 1. The number of rotatable bonds is 0. The minimum Gasteiger partial charge on any atom is -0.693 e. The summed E-state index contributed by atoms with van der Waals surface area (Å²) in [6.07, 6.45) is 2.94. The van der Waals surface area contributed by atoms with Gasteiger partial charge in [-0.1, -0.05) is 13.8 Å². The van der Waals surface area contributed by atoms with Gasteiger partial charge >= 0.3 is 31.1 Å². The molecule has 0 atom stereocenters. The summed E-state index contributed by atoms with van der Waals surface area (Å²) in [6, 6.07) is 0. The van der Waals surface area contributed by atoms with Crippen LogP contribution < -0.4 is 0 Å². The van der Waals surface area contributed by atoms with Crippen molar-refractivity contribution in [3.05, 3.63) is 17.8 Å². The Kier molecular flexibility index (Phi) is 22.1. The van der Waals surface area contributed by atoms with Gasteiger partial charge in [0.25, 0.3) is 0 Å². The average Bonchev–Trinajstić information content (AvgIpc) is 1.38. The van der Waals surface area contributed by atoms with Gasteiger partial charge in [-0.3, -0.25) is 5.57 Å². The molecule has 0 heterocycles. The van der Waals surface area contributed by atoms with E-state index >= 15 is 0 Å². The van der Waals surface area contributed by atoms with E-state index in [0.717, 1.165) is 0 Å². The fraction of sp³-hybridized carbons (Fsp3) is 0.600. The van der Waals surface area contributed by atoms with Gasteiger partial charge in [-0.25, -0.2) is 0 Å². The second-order valence-electron chi connectivity index (χ2n) is 1.25. The summed E-state index contributed by atoms with van der Waals surface area (Å²) >= 11 is 0. The third-order valence-electron chi connectivity index (χ3n) is 0.500. The molecule has 0 saturated heterocycles. The van der Waals surface area contributed by atoms with Crippen molar-refractivity contribution in [3.8, 4) is 0 Å². The van der Waals surface area contributed by atoms with Crippen LogP contribution in [0.25, 0.3) is 6.15 Å². The molecule has 1 nitrogen and oxygen atoms in total. The molecular formula is C5H11NU. The van der Waals surface area contributed by atoms with Gasteiger partial charge in [0.1, 0.15) is 0 Å². The van der Waals surface area contributed by atoms with Crippen LogP contribution in [0.1, 0.15) is 20.8 Å². The van der Waals surface area contributed by atoms with Crippen LogP contribution in [0.4, 0.5) is 0 Å². The summed E-state index contributed by atoms with van der Waals surface area (Å²) in [5.41, 5.74) is 1.25. The van der Waals surface area contributed by atoms with E-state index in [9.17, 15) is 0 Å². The first-order chi connectivity index (χ1) is 2.27. The summed E-state index contributed by atoms with van der Waals surface area (Å²) in [4.78, 5) is 0. The van der Waals surface area contributed by atoms with Gasteiger partial charge in [-0.2, -0.15) is 6.92 Å². The first-order valence-electron chi connectivity index (χ1n) is 1.75. The molecule has 2 N–H and O–H groups in total. The molecule has 2 heteroatoms. The van der Waals surface area contributed by atoms with E-state index in [0.29, 0.717) is 0 Å². The summed E-state index contributed by atoms with van der Waals surface area (Å²) in [5.74, 6) is 0. The molecule has 0 aromatic heterocycles. The van der Waals surface area contributed by atoms with E-state index in [2.05, 4.69) is 6.08 Å². The SMILES string of the molecule is C[C-]=C(C)C.[NH2-].[U+2]. The second kappa shape index (κ2) is 9.89. The molecule has 0 fully saturated rings. The summed E-state index contributed by atoms with van der Waals surface area (Å²) in [6.45, 7) is 5.97. The Morgan fingerprint density at radius 1 is 1.29 bits per heavy atom. The zero-order chi connectivity index (χ0) is 4.28. The molecule has 0 unspecified atom stereocenters. The van der Waals surface area contributed by atoms with Gasteiger partial charge in [0, 0.05) is 0 Å². The largest absolute Gasteiger partial charge is 2.00 e. The summed E-state index contributed by atoms with van der Waals surface area (Å²) in [5, 5.41) is 0. The number of allylic oxidation sites excluding steroid dienone is 2. The molecule has 0 aliphatic heterocycles. The van der Waals surface area contributed by atoms with E-state index in [1.807, 2.05) is 20.8 Å². The van der Waals surface area contributed by atoms with Crippen LogP contribution in [0.3, 0.4) is 0 Å². The smallest absolute Gasteiger partial charge is 0.693 e. The van der Waals surface area contributed by atoms with Gasteiger partial charge in [-0.15, -0.1) is 0 Å². The fourth-order valence-electron chi connectivity index (χ4n) is 0. The van der Waals surface area contributed by atoms with Gasteiger partial charge in [0.2, 0.25) is 0 Å². The molecule has 7 heavy (non-hydrogen) atoms. The average molecular weight is 323 g/mol. The van der Waals surface area contributed by atoms with Crippen molar-refractivity contribution in [2.24, 2.45) is 0 Å². The van der Waals surface area contributed by atoms with Crippen LogP contribution in [0.15, 0.2) is 5.57 Å². The van der Waals surface area contributed by atoms with Gasteiger partial charge in [0.15, 0.2) is 0 Å². The van der Waals surface area contributed by atoms with Crippen LogP contribution in [0.5, 0.6) is 0 Å². The van der Waals surface area contributed by atoms with E-state index in [1.165, 1.54) is 5.57 Å². The minimum atomic E-state index is 0. The zero-order valence-corrected chi connectivity index (χ0v) is 9.24. The summed E-state index contributed by atoms with van der Waals surface area (Å²) in [7, 11) is 0. The fourth-order valence-corrected chi connectivity index (χ4v) is 0. The van der Waals surface area contributed by atoms with Crippen molar-refractivity contribution in [2.45, 2.75) is 20.8 Å². The normalized spacial score (nSPS) is 5.00. The quantitative estimate of drug-likeness (QED) is 0.614.